The Balaban J connectivity index is 1.87. The Labute approximate surface area is 109 Å². The maximum atomic E-state index is 11.8. The Morgan fingerprint density at radius 3 is 3.06 bits per heavy atom. The fourth-order valence-corrected chi connectivity index (χ4v) is 2.03. The van der Waals surface area contributed by atoms with E-state index in [2.05, 4.69) is 15.3 Å². The van der Waals surface area contributed by atoms with Crippen LogP contribution in [0.5, 0.6) is 5.75 Å². The number of rotatable bonds is 5. The lowest BCUT2D eigenvalue weighted by Crippen LogP contribution is -2.26. The SMILES string of the molecule is COc1ccnc(C(=O)NCCc2nccs2)c1. The Kier molecular flexibility index (Phi) is 4.25. The molecular weight excluding hydrogens is 250 g/mol. The van der Waals surface area contributed by atoms with Crippen LogP contribution in [0.15, 0.2) is 29.9 Å². The molecule has 0 saturated heterocycles. The zero-order valence-electron chi connectivity index (χ0n) is 9.92. The fraction of sp³-hybridized carbons (Fsp3) is 0.250. The smallest absolute Gasteiger partial charge is 0.270 e. The second kappa shape index (κ2) is 6.11. The maximum Gasteiger partial charge on any atom is 0.270 e. The van der Waals surface area contributed by atoms with E-state index in [0.29, 0.717) is 18.0 Å². The average molecular weight is 263 g/mol. The molecule has 2 aromatic heterocycles. The predicted octanol–water partition coefficient (Wildman–Crippen LogP) is 1.52. The molecule has 0 spiro atoms. The van der Waals surface area contributed by atoms with Crippen LogP contribution in [-0.4, -0.2) is 29.5 Å². The third-order valence-electron chi connectivity index (χ3n) is 2.31. The summed E-state index contributed by atoms with van der Waals surface area (Å²) in [6.45, 7) is 0.547. The van der Waals surface area contributed by atoms with Crippen molar-refractivity contribution in [3.63, 3.8) is 0 Å². The van der Waals surface area contributed by atoms with Gasteiger partial charge in [0, 0.05) is 36.8 Å². The maximum absolute atomic E-state index is 11.8. The van der Waals surface area contributed by atoms with Crippen LogP contribution in [0, 0.1) is 0 Å². The van der Waals surface area contributed by atoms with E-state index in [1.807, 2.05) is 5.38 Å². The number of thiazole rings is 1. The van der Waals surface area contributed by atoms with Gasteiger partial charge in [-0.3, -0.25) is 9.78 Å². The number of nitrogens with zero attached hydrogens (tertiary/aromatic N) is 2. The van der Waals surface area contributed by atoms with Gasteiger partial charge in [-0.25, -0.2) is 4.98 Å². The van der Waals surface area contributed by atoms with Gasteiger partial charge in [0.25, 0.3) is 5.91 Å². The molecule has 0 aliphatic heterocycles. The van der Waals surface area contributed by atoms with Crippen molar-refractivity contribution < 1.29 is 9.53 Å². The van der Waals surface area contributed by atoms with E-state index in [-0.39, 0.29) is 5.91 Å². The zero-order chi connectivity index (χ0) is 12.8. The van der Waals surface area contributed by atoms with Crippen molar-refractivity contribution in [3.05, 3.63) is 40.6 Å². The van der Waals surface area contributed by atoms with Crippen molar-refractivity contribution in [2.24, 2.45) is 0 Å². The fourth-order valence-electron chi connectivity index (χ4n) is 1.41. The first-order valence-electron chi connectivity index (χ1n) is 5.46. The Morgan fingerprint density at radius 1 is 1.44 bits per heavy atom. The molecule has 0 bridgehead atoms. The number of aromatic nitrogens is 2. The average Bonchev–Trinajstić information content (AvgIpc) is 2.92. The van der Waals surface area contributed by atoms with E-state index in [4.69, 9.17) is 4.74 Å². The van der Waals surface area contributed by atoms with Gasteiger partial charge in [0.15, 0.2) is 0 Å². The topological polar surface area (TPSA) is 64.1 Å². The molecule has 0 radical (unpaired) electrons. The third kappa shape index (κ3) is 3.27. The highest BCUT2D eigenvalue weighted by molar-refractivity contribution is 7.09. The molecule has 0 aliphatic rings. The molecule has 1 amide bonds. The first-order valence-corrected chi connectivity index (χ1v) is 6.34. The second-order valence-electron chi connectivity index (χ2n) is 3.51. The lowest BCUT2D eigenvalue weighted by Gasteiger charge is -2.04. The molecule has 6 heteroatoms. The quantitative estimate of drug-likeness (QED) is 0.888. The van der Waals surface area contributed by atoms with Crippen molar-refractivity contribution in [1.29, 1.82) is 0 Å². The van der Waals surface area contributed by atoms with Gasteiger partial charge in [0.2, 0.25) is 0 Å². The van der Waals surface area contributed by atoms with Crippen LogP contribution in [0.3, 0.4) is 0 Å². The van der Waals surface area contributed by atoms with Crippen LogP contribution < -0.4 is 10.1 Å². The summed E-state index contributed by atoms with van der Waals surface area (Å²) in [5.41, 5.74) is 0.355. The summed E-state index contributed by atoms with van der Waals surface area (Å²) in [4.78, 5) is 19.9. The van der Waals surface area contributed by atoms with Crippen LogP contribution in [0.2, 0.25) is 0 Å². The molecule has 18 heavy (non-hydrogen) atoms. The summed E-state index contributed by atoms with van der Waals surface area (Å²) in [6.07, 6.45) is 4.04. The Bertz CT molecular complexity index is 514. The minimum absolute atomic E-state index is 0.203. The van der Waals surface area contributed by atoms with E-state index in [1.165, 1.54) is 0 Å². The van der Waals surface area contributed by atoms with Crippen molar-refractivity contribution in [2.75, 3.05) is 13.7 Å². The van der Waals surface area contributed by atoms with Gasteiger partial charge in [0.1, 0.15) is 11.4 Å². The van der Waals surface area contributed by atoms with Crippen molar-refractivity contribution in [2.45, 2.75) is 6.42 Å². The number of carbonyl (C=O) groups is 1. The molecule has 2 heterocycles. The van der Waals surface area contributed by atoms with E-state index < -0.39 is 0 Å². The number of amides is 1. The van der Waals surface area contributed by atoms with E-state index in [0.717, 1.165) is 11.4 Å². The van der Waals surface area contributed by atoms with E-state index in [9.17, 15) is 4.79 Å². The van der Waals surface area contributed by atoms with Crippen LogP contribution >= 0.6 is 11.3 Å². The lowest BCUT2D eigenvalue weighted by molar-refractivity contribution is 0.0949. The molecular formula is C12H13N3O2S. The Hall–Kier alpha value is -1.95. The first kappa shape index (κ1) is 12.5. The molecule has 2 rings (SSSR count). The first-order chi connectivity index (χ1) is 8.79. The molecule has 0 atom stereocenters. The zero-order valence-corrected chi connectivity index (χ0v) is 10.7. The number of nitrogens with one attached hydrogen (secondary N) is 1. The van der Waals surface area contributed by atoms with Crippen LogP contribution in [0.4, 0.5) is 0 Å². The van der Waals surface area contributed by atoms with Crippen molar-refractivity contribution >= 4 is 17.2 Å². The van der Waals surface area contributed by atoms with Gasteiger partial charge >= 0.3 is 0 Å². The number of pyridine rings is 1. The van der Waals surface area contributed by atoms with Gasteiger partial charge in [-0.05, 0) is 6.07 Å². The third-order valence-corrected chi connectivity index (χ3v) is 3.15. The van der Waals surface area contributed by atoms with Gasteiger partial charge in [-0.15, -0.1) is 11.3 Å². The van der Waals surface area contributed by atoms with Crippen LogP contribution in [0.25, 0.3) is 0 Å². The molecule has 1 N–H and O–H groups in total. The minimum atomic E-state index is -0.203. The van der Waals surface area contributed by atoms with Crippen LogP contribution in [-0.2, 0) is 6.42 Å². The minimum Gasteiger partial charge on any atom is -0.497 e. The molecule has 0 aromatic carbocycles. The van der Waals surface area contributed by atoms with Crippen molar-refractivity contribution in [3.8, 4) is 5.75 Å². The summed E-state index contributed by atoms with van der Waals surface area (Å²) < 4.78 is 5.04. The monoisotopic (exact) mass is 263 g/mol. The molecule has 5 nitrogen and oxygen atoms in total. The normalized spacial score (nSPS) is 10.1. The highest BCUT2D eigenvalue weighted by Gasteiger charge is 2.07. The molecule has 94 valence electrons. The summed E-state index contributed by atoms with van der Waals surface area (Å²) >= 11 is 1.58. The highest BCUT2D eigenvalue weighted by atomic mass is 32.1. The summed E-state index contributed by atoms with van der Waals surface area (Å²) in [7, 11) is 1.56. The molecule has 0 fully saturated rings. The van der Waals surface area contributed by atoms with Crippen LogP contribution in [0.1, 0.15) is 15.5 Å². The summed E-state index contributed by atoms with van der Waals surface area (Å²) in [5.74, 6) is 0.417. The largest absolute Gasteiger partial charge is 0.497 e. The summed E-state index contributed by atoms with van der Waals surface area (Å²) in [5, 5.41) is 5.72. The van der Waals surface area contributed by atoms with Gasteiger partial charge in [-0.2, -0.15) is 0 Å². The molecule has 0 aliphatic carbocycles. The Morgan fingerprint density at radius 2 is 2.33 bits per heavy atom. The number of hydrogen-bond acceptors (Lipinski definition) is 5. The molecule has 0 unspecified atom stereocenters. The second-order valence-corrected chi connectivity index (χ2v) is 4.49. The molecule has 0 saturated carbocycles. The standard InChI is InChI=1S/C12H13N3O2S/c1-17-9-2-4-13-10(8-9)12(16)15-5-3-11-14-6-7-18-11/h2,4,6-8H,3,5H2,1H3,(H,15,16). The number of methoxy groups -OCH3 is 1. The van der Waals surface area contributed by atoms with Gasteiger partial charge < -0.3 is 10.1 Å². The van der Waals surface area contributed by atoms with Gasteiger partial charge in [0.05, 0.1) is 12.1 Å². The predicted molar refractivity (Wildman–Crippen MR) is 68.9 cm³/mol. The molecule has 2 aromatic rings. The number of carbonyl (C=O) groups excluding carboxylic acids is 1. The highest BCUT2D eigenvalue weighted by Crippen LogP contribution is 2.09. The van der Waals surface area contributed by atoms with Gasteiger partial charge in [-0.1, -0.05) is 0 Å². The number of ether oxygens (including phenoxy) is 1. The van der Waals surface area contributed by atoms with E-state index in [1.54, 1.807) is 43.0 Å². The van der Waals surface area contributed by atoms with Crippen molar-refractivity contribution in [1.82, 2.24) is 15.3 Å². The van der Waals surface area contributed by atoms with E-state index >= 15 is 0 Å². The summed E-state index contributed by atoms with van der Waals surface area (Å²) in [6, 6.07) is 3.31. The lowest BCUT2D eigenvalue weighted by atomic mass is 10.3. The number of hydrogen-bond donors (Lipinski definition) is 1.